The summed E-state index contributed by atoms with van der Waals surface area (Å²) in [6.45, 7) is 1.90. The standard InChI is InChI=1S/C17H22N2O2/c1-19-15(20)7-10-17(16(19)21,13-5-3-2-4-6-13)14-8-11-18-12-9-14/h2-6,14,18H,7-12H2,1H3. The molecule has 1 atom stereocenters. The molecule has 0 saturated carbocycles. The Labute approximate surface area is 125 Å². The van der Waals surface area contributed by atoms with Gasteiger partial charge in [0.2, 0.25) is 11.8 Å². The van der Waals surface area contributed by atoms with Crippen molar-refractivity contribution in [2.45, 2.75) is 31.1 Å². The van der Waals surface area contributed by atoms with Gasteiger partial charge in [-0.1, -0.05) is 30.3 Å². The topological polar surface area (TPSA) is 49.4 Å². The van der Waals surface area contributed by atoms with Crippen LogP contribution in [0.1, 0.15) is 31.2 Å². The highest BCUT2D eigenvalue weighted by atomic mass is 16.2. The van der Waals surface area contributed by atoms with Gasteiger partial charge < -0.3 is 5.32 Å². The molecule has 2 heterocycles. The van der Waals surface area contributed by atoms with Crippen LogP contribution in [0.25, 0.3) is 0 Å². The fourth-order valence-electron chi connectivity index (χ4n) is 3.92. The molecule has 0 aliphatic carbocycles. The quantitative estimate of drug-likeness (QED) is 0.842. The van der Waals surface area contributed by atoms with E-state index in [1.165, 1.54) is 4.90 Å². The molecule has 0 radical (unpaired) electrons. The summed E-state index contributed by atoms with van der Waals surface area (Å²) in [5.74, 6) is 0.238. The lowest BCUT2D eigenvalue weighted by Gasteiger charge is -2.46. The van der Waals surface area contributed by atoms with Gasteiger partial charge in [0.05, 0.1) is 5.41 Å². The fourth-order valence-corrected chi connectivity index (χ4v) is 3.92. The molecule has 1 N–H and O–H groups in total. The third-order valence-electron chi connectivity index (χ3n) is 5.12. The molecule has 2 amide bonds. The van der Waals surface area contributed by atoms with Gasteiger partial charge in [-0.2, -0.15) is 0 Å². The number of amides is 2. The average molecular weight is 286 g/mol. The van der Waals surface area contributed by atoms with Gasteiger partial charge in [-0.3, -0.25) is 14.5 Å². The lowest BCUT2D eigenvalue weighted by atomic mass is 9.62. The zero-order valence-corrected chi connectivity index (χ0v) is 12.5. The first-order chi connectivity index (χ1) is 10.2. The Kier molecular flexibility index (Phi) is 3.81. The second-order valence-electron chi connectivity index (χ2n) is 6.12. The van der Waals surface area contributed by atoms with Crippen molar-refractivity contribution in [3.63, 3.8) is 0 Å². The highest BCUT2D eigenvalue weighted by Gasteiger charge is 2.51. The van der Waals surface area contributed by atoms with E-state index in [-0.39, 0.29) is 11.8 Å². The van der Waals surface area contributed by atoms with E-state index in [1.807, 2.05) is 30.3 Å². The Hall–Kier alpha value is -1.68. The molecule has 112 valence electrons. The van der Waals surface area contributed by atoms with Crippen molar-refractivity contribution in [2.75, 3.05) is 20.1 Å². The first-order valence-electron chi connectivity index (χ1n) is 7.73. The van der Waals surface area contributed by atoms with Crippen molar-refractivity contribution in [1.82, 2.24) is 10.2 Å². The fraction of sp³-hybridized carbons (Fsp3) is 0.529. The molecular weight excluding hydrogens is 264 g/mol. The van der Waals surface area contributed by atoms with Gasteiger partial charge in [-0.15, -0.1) is 0 Å². The van der Waals surface area contributed by atoms with Crippen molar-refractivity contribution in [2.24, 2.45) is 5.92 Å². The minimum absolute atomic E-state index is 0.0168. The molecule has 0 spiro atoms. The minimum atomic E-state index is -0.522. The van der Waals surface area contributed by atoms with Gasteiger partial charge in [0, 0.05) is 13.5 Å². The third-order valence-corrected chi connectivity index (χ3v) is 5.12. The molecule has 4 nitrogen and oxygen atoms in total. The first-order valence-corrected chi connectivity index (χ1v) is 7.73. The summed E-state index contributed by atoms with van der Waals surface area (Å²) in [5.41, 5.74) is 0.549. The Morgan fingerprint density at radius 2 is 1.81 bits per heavy atom. The maximum absolute atomic E-state index is 13.0. The molecule has 2 saturated heterocycles. The highest BCUT2D eigenvalue weighted by molar-refractivity contribution is 6.03. The molecule has 21 heavy (non-hydrogen) atoms. The second kappa shape index (κ2) is 5.60. The summed E-state index contributed by atoms with van der Waals surface area (Å²) in [6.07, 6.45) is 3.08. The van der Waals surface area contributed by atoms with Crippen LogP contribution in [0.5, 0.6) is 0 Å². The Bertz CT molecular complexity index is 537. The Balaban J connectivity index is 2.06. The van der Waals surface area contributed by atoms with Crippen LogP contribution in [0.3, 0.4) is 0 Å². The summed E-state index contributed by atoms with van der Waals surface area (Å²) in [6, 6.07) is 10.0. The molecule has 3 rings (SSSR count). The third kappa shape index (κ3) is 2.27. The van der Waals surface area contributed by atoms with Gasteiger partial charge >= 0.3 is 0 Å². The van der Waals surface area contributed by atoms with E-state index in [9.17, 15) is 9.59 Å². The van der Waals surface area contributed by atoms with Crippen LogP contribution in [-0.2, 0) is 15.0 Å². The highest BCUT2D eigenvalue weighted by Crippen LogP contribution is 2.45. The van der Waals surface area contributed by atoms with Crippen LogP contribution in [0.15, 0.2) is 30.3 Å². The lowest BCUT2D eigenvalue weighted by Crippen LogP contribution is -2.57. The Morgan fingerprint density at radius 1 is 1.14 bits per heavy atom. The van der Waals surface area contributed by atoms with E-state index in [2.05, 4.69) is 5.32 Å². The van der Waals surface area contributed by atoms with Crippen molar-refractivity contribution < 1.29 is 9.59 Å². The number of piperidine rings is 2. The van der Waals surface area contributed by atoms with Crippen LogP contribution in [0, 0.1) is 5.92 Å². The predicted octanol–water partition coefficient (Wildman–Crippen LogP) is 1.70. The molecule has 1 aromatic rings. The van der Waals surface area contributed by atoms with E-state index in [4.69, 9.17) is 0 Å². The molecule has 2 aliphatic heterocycles. The van der Waals surface area contributed by atoms with E-state index in [1.54, 1.807) is 7.05 Å². The number of nitrogens with zero attached hydrogens (tertiary/aromatic N) is 1. The molecule has 0 bridgehead atoms. The van der Waals surface area contributed by atoms with E-state index in [0.717, 1.165) is 31.5 Å². The molecule has 1 aromatic carbocycles. The maximum Gasteiger partial charge on any atom is 0.239 e. The van der Waals surface area contributed by atoms with Crippen LogP contribution < -0.4 is 5.32 Å². The monoisotopic (exact) mass is 286 g/mol. The number of hydrogen-bond acceptors (Lipinski definition) is 3. The zero-order chi connectivity index (χ0) is 14.9. The summed E-state index contributed by atoms with van der Waals surface area (Å²) < 4.78 is 0. The lowest BCUT2D eigenvalue weighted by molar-refractivity contribution is -0.154. The van der Waals surface area contributed by atoms with Crippen molar-refractivity contribution in [3.05, 3.63) is 35.9 Å². The van der Waals surface area contributed by atoms with Crippen LogP contribution in [-0.4, -0.2) is 36.9 Å². The maximum atomic E-state index is 13.0. The number of carbonyl (C=O) groups excluding carboxylic acids is 2. The van der Waals surface area contributed by atoms with E-state index < -0.39 is 5.41 Å². The van der Waals surface area contributed by atoms with E-state index >= 15 is 0 Å². The van der Waals surface area contributed by atoms with Crippen LogP contribution in [0.4, 0.5) is 0 Å². The average Bonchev–Trinajstić information content (AvgIpc) is 2.55. The summed E-state index contributed by atoms with van der Waals surface area (Å²) in [7, 11) is 1.63. The van der Waals surface area contributed by atoms with E-state index in [0.29, 0.717) is 18.8 Å². The number of rotatable bonds is 2. The van der Waals surface area contributed by atoms with Gasteiger partial charge in [-0.25, -0.2) is 0 Å². The molecule has 1 unspecified atom stereocenters. The second-order valence-corrected chi connectivity index (χ2v) is 6.12. The smallest absolute Gasteiger partial charge is 0.239 e. The molecule has 0 aromatic heterocycles. The van der Waals surface area contributed by atoms with Gasteiger partial charge in [-0.05, 0) is 43.8 Å². The van der Waals surface area contributed by atoms with Gasteiger partial charge in [0.15, 0.2) is 0 Å². The number of hydrogen-bond donors (Lipinski definition) is 1. The number of imide groups is 1. The first kappa shape index (κ1) is 14.3. The van der Waals surface area contributed by atoms with Crippen molar-refractivity contribution in [1.29, 1.82) is 0 Å². The number of nitrogens with one attached hydrogen (secondary N) is 1. The SMILES string of the molecule is CN1C(=O)CCC(c2ccccc2)(C2CCNCC2)C1=O. The van der Waals surface area contributed by atoms with Crippen molar-refractivity contribution >= 4 is 11.8 Å². The van der Waals surface area contributed by atoms with Gasteiger partial charge in [0.1, 0.15) is 0 Å². The summed E-state index contributed by atoms with van der Waals surface area (Å²) in [4.78, 5) is 26.3. The number of likely N-dealkylation sites (tertiary alicyclic amines) is 1. The predicted molar refractivity (Wildman–Crippen MR) is 80.7 cm³/mol. The molecule has 4 heteroatoms. The number of carbonyl (C=O) groups is 2. The minimum Gasteiger partial charge on any atom is -0.317 e. The number of benzene rings is 1. The normalized spacial score (nSPS) is 28.0. The molecule has 2 aliphatic rings. The molecular formula is C17H22N2O2. The Morgan fingerprint density at radius 3 is 2.48 bits per heavy atom. The molecule has 2 fully saturated rings. The van der Waals surface area contributed by atoms with Crippen LogP contribution >= 0.6 is 0 Å². The van der Waals surface area contributed by atoms with Crippen molar-refractivity contribution in [3.8, 4) is 0 Å². The number of likely N-dealkylation sites (N-methyl/N-ethyl adjacent to an activating group) is 1. The zero-order valence-electron chi connectivity index (χ0n) is 12.5. The summed E-state index contributed by atoms with van der Waals surface area (Å²) in [5, 5.41) is 3.37. The van der Waals surface area contributed by atoms with Gasteiger partial charge in [0.25, 0.3) is 0 Å². The van der Waals surface area contributed by atoms with Crippen LogP contribution in [0.2, 0.25) is 0 Å². The largest absolute Gasteiger partial charge is 0.317 e. The summed E-state index contributed by atoms with van der Waals surface area (Å²) >= 11 is 0.